The maximum Gasteiger partial charge on any atom is 0.323 e. The van der Waals surface area contributed by atoms with E-state index in [9.17, 15) is 0 Å². The lowest BCUT2D eigenvalue weighted by Gasteiger charge is -2.41. The van der Waals surface area contributed by atoms with Crippen molar-refractivity contribution in [2.24, 2.45) is 0 Å². The Morgan fingerprint density at radius 2 is 1.67 bits per heavy atom. The summed E-state index contributed by atoms with van der Waals surface area (Å²) in [5, 5.41) is 0. The summed E-state index contributed by atoms with van der Waals surface area (Å²) in [6, 6.07) is 0. The van der Waals surface area contributed by atoms with Crippen molar-refractivity contribution in [2.45, 2.75) is 38.8 Å². The van der Waals surface area contributed by atoms with Crippen LogP contribution >= 0.6 is 34.1 Å². The van der Waals surface area contributed by atoms with Gasteiger partial charge in [0.05, 0.1) is 5.00 Å². The standard InChI is InChI=1S/C6H15BCl3NSi/c1-6(2,8)11(7(3)9)12(4,5)10/h1-5H3. The zero-order valence-corrected chi connectivity index (χ0v) is 11.4. The van der Waals surface area contributed by atoms with Crippen LogP contribution in [0, 0.1) is 0 Å². The molecule has 0 rings (SSSR count). The van der Waals surface area contributed by atoms with E-state index >= 15 is 0 Å². The molecule has 0 aliphatic heterocycles. The van der Waals surface area contributed by atoms with E-state index in [4.69, 9.17) is 34.1 Å². The summed E-state index contributed by atoms with van der Waals surface area (Å²) >= 11 is 18.5. The second kappa shape index (κ2) is 4.09. The quantitative estimate of drug-likeness (QED) is 0.318. The van der Waals surface area contributed by atoms with Crippen LogP contribution in [0.2, 0.25) is 19.9 Å². The summed E-state index contributed by atoms with van der Waals surface area (Å²) in [5.41, 5.74) is 0. The van der Waals surface area contributed by atoms with Crippen LogP contribution in [-0.2, 0) is 0 Å². The average Bonchev–Trinajstić information content (AvgIpc) is 1.49. The molecule has 0 saturated heterocycles. The summed E-state index contributed by atoms with van der Waals surface area (Å²) in [6.07, 6.45) is -0.128. The molecular weight excluding hydrogens is 231 g/mol. The fraction of sp³-hybridized carbons (Fsp3) is 1.00. The molecule has 0 atom stereocenters. The topological polar surface area (TPSA) is 3.24 Å². The van der Waals surface area contributed by atoms with Crippen LogP contribution in [0.5, 0.6) is 0 Å². The summed E-state index contributed by atoms with van der Waals surface area (Å²) in [6.45, 7) is 9.73. The number of rotatable bonds is 3. The SMILES string of the molecule is CB(Cl)N(C(C)(C)Cl)[Si](C)(C)Cl. The fourth-order valence-corrected chi connectivity index (χ4v) is 6.75. The van der Waals surface area contributed by atoms with Crippen molar-refractivity contribution in [2.75, 3.05) is 0 Å². The molecule has 0 saturated carbocycles. The first-order valence-corrected chi connectivity index (χ1v) is 8.65. The summed E-state index contributed by atoms with van der Waals surface area (Å²) < 4.78 is 1.98. The van der Waals surface area contributed by atoms with Crippen molar-refractivity contribution in [3.05, 3.63) is 0 Å². The van der Waals surface area contributed by atoms with Gasteiger partial charge in [-0.25, -0.2) is 0 Å². The van der Waals surface area contributed by atoms with Crippen LogP contribution in [0.4, 0.5) is 0 Å². The van der Waals surface area contributed by atoms with Crippen molar-refractivity contribution in [1.82, 2.24) is 4.48 Å². The molecule has 0 N–H and O–H groups in total. The minimum Gasteiger partial charge on any atom is -0.322 e. The lowest BCUT2D eigenvalue weighted by atomic mass is 9.96. The van der Waals surface area contributed by atoms with Gasteiger partial charge in [0.1, 0.15) is 0 Å². The summed E-state index contributed by atoms with van der Waals surface area (Å²) in [7, 11) is -1.94. The minimum atomic E-state index is -1.94. The molecule has 0 unspecified atom stereocenters. The predicted octanol–water partition coefficient (Wildman–Crippen LogP) is 3.56. The summed E-state index contributed by atoms with van der Waals surface area (Å²) in [5.74, 6) is 0. The Morgan fingerprint density at radius 1 is 1.33 bits per heavy atom. The third-order valence-corrected chi connectivity index (χ3v) is 4.82. The van der Waals surface area contributed by atoms with Crippen molar-refractivity contribution in [3.63, 3.8) is 0 Å². The molecule has 0 aliphatic rings. The normalized spacial score (nSPS) is 13.8. The summed E-state index contributed by atoms with van der Waals surface area (Å²) in [4.78, 5) is -0.474. The van der Waals surface area contributed by atoms with Crippen LogP contribution in [0.25, 0.3) is 0 Å². The number of hydrogen-bond acceptors (Lipinski definition) is 1. The lowest BCUT2D eigenvalue weighted by Crippen LogP contribution is -2.57. The largest absolute Gasteiger partial charge is 0.323 e. The molecule has 0 spiro atoms. The van der Waals surface area contributed by atoms with Gasteiger partial charge >= 0.3 is 6.26 Å². The van der Waals surface area contributed by atoms with Crippen molar-refractivity contribution >= 4 is 47.9 Å². The molecule has 72 valence electrons. The Labute approximate surface area is 91.2 Å². The maximum atomic E-state index is 6.27. The molecule has 0 radical (unpaired) electrons. The number of hydrogen-bond donors (Lipinski definition) is 0. The molecule has 0 heterocycles. The molecule has 12 heavy (non-hydrogen) atoms. The molecular formula is C6H15BCl3NSi. The number of halogens is 3. The lowest BCUT2D eigenvalue weighted by molar-refractivity contribution is 0.471. The highest BCUT2D eigenvalue weighted by atomic mass is 35.6. The smallest absolute Gasteiger partial charge is 0.322 e. The third-order valence-electron chi connectivity index (χ3n) is 1.50. The van der Waals surface area contributed by atoms with E-state index < -0.39 is 12.5 Å². The second-order valence-electron chi connectivity index (χ2n) is 3.76. The van der Waals surface area contributed by atoms with E-state index in [0.717, 1.165) is 0 Å². The molecule has 1 nitrogen and oxygen atoms in total. The van der Waals surface area contributed by atoms with Gasteiger partial charge in [-0.15, -0.1) is 22.7 Å². The van der Waals surface area contributed by atoms with E-state index in [2.05, 4.69) is 0 Å². The van der Waals surface area contributed by atoms with Gasteiger partial charge in [0.15, 0.2) is 0 Å². The van der Waals surface area contributed by atoms with Gasteiger partial charge in [-0.3, -0.25) is 0 Å². The number of nitrogens with zero attached hydrogens (tertiary/aromatic N) is 1. The van der Waals surface area contributed by atoms with E-state index in [-0.39, 0.29) is 6.26 Å². The van der Waals surface area contributed by atoms with Crippen LogP contribution in [-0.4, -0.2) is 23.3 Å². The van der Waals surface area contributed by atoms with Crippen LogP contribution in [0.15, 0.2) is 0 Å². The van der Waals surface area contributed by atoms with Gasteiger partial charge in [0.25, 0.3) is 0 Å². The van der Waals surface area contributed by atoms with Gasteiger partial charge in [0, 0.05) is 0 Å². The van der Waals surface area contributed by atoms with E-state index in [1.54, 1.807) is 0 Å². The fourth-order valence-electron chi connectivity index (χ4n) is 1.48. The zero-order valence-electron chi connectivity index (χ0n) is 8.16. The number of alkyl halides is 1. The first-order chi connectivity index (χ1) is 5.07. The highest BCUT2D eigenvalue weighted by molar-refractivity contribution is 7.24. The van der Waals surface area contributed by atoms with E-state index in [1.807, 2.05) is 38.2 Å². The van der Waals surface area contributed by atoms with Gasteiger partial charge < -0.3 is 4.48 Å². The second-order valence-corrected chi connectivity index (χ2v) is 11.4. The van der Waals surface area contributed by atoms with Crippen molar-refractivity contribution in [3.8, 4) is 0 Å². The molecule has 6 heteroatoms. The van der Waals surface area contributed by atoms with Crippen LogP contribution in [0.1, 0.15) is 13.8 Å². The van der Waals surface area contributed by atoms with Crippen LogP contribution < -0.4 is 0 Å². The molecule has 0 bridgehead atoms. The molecule has 0 aliphatic carbocycles. The third kappa shape index (κ3) is 3.88. The van der Waals surface area contributed by atoms with Crippen molar-refractivity contribution in [1.29, 1.82) is 0 Å². The minimum absolute atomic E-state index is 0.128. The van der Waals surface area contributed by atoms with Gasteiger partial charge in [-0.05, 0) is 26.9 Å². The van der Waals surface area contributed by atoms with Gasteiger partial charge in [-0.2, -0.15) is 11.5 Å². The average molecular weight is 246 g/mol. The molecule has 0 fully saturated rings. The first-order valence-electron chi connectivity index (χ1n) is 3.88. The highest BCUT2D eigenvalue weighted by Gasteiger charge is 2.40. The monoisotopic (exact) mass is 245 g/mol. The van der Waals surface area contributed by atoms with Gasteiger partial charge in [0.2, 0.25) is 7.55 Å². The van der Waals surface area contributed by atoms with E-state index in [1.165, 1.54) is 0 Å². The maximum absolute atomic E-state index is 6.27. The molecule has 0 aromatic carbocycles. The zero-order chi connectivity index (χ0) is 10.2. The molecule has 0 aromatic heterocycles. The Hall–Kier alpha value is 1.11. The Balaban J connectivity index is 4.70. The predicted molar refractivity (Wildman–Crippen MR) is 62.6 cm³/mol. The Bertz CT molecular complexity index is 138. The highest BCUT2D eigenvalue weighted by Crippen LogP contribution is 2.30. The first kappa shape index (κ1) is 13.1. The Kier molecular flexibility index (Phi) is 4.47. The Morgan fingerprint density at radius 3 is 1.67 bits per heavy atom. The van der Waals surface area contributed by atoms with E-state index in [0.29, 0.717) is 0 Å². The molecule has 0 amide bonds. The van der Waals surface area contributed by atoms with Gasteiger partial charge in [-0.1, -0.05) is 6.82 Å². The molecule has 0 aromatic rings. The van der Waals surface area contributed by atoms with Crippen LogP contribution in [0.3, 0.4) is 0 Å². The van der Waals surface area contributed by atoms with Crippen molar-refractivity contribution < 1.29 is 0 Å².